The van der Waals surface area contributed by atoms with Crippen molar-refractivity contribution in [3.8, 4) is 11.1 Å². The van der Waals surface area contributed by atoms with E-state index in [1.807, 2.05) is 24.1 Å². The minimum absolute atomic E-state index is 0.238. The molecule has 182 valence electrons. The van der Waals surface area contributed by atoms with Gasteiger partial charge in [0.15, 0.2) is 0 Å². The van der Waals surface area contributed by atoms with E-state index in [1.54, 1.807) is 7.05 Å². The van der Waals surface area contributed by atoms with E-state index in [0.717, 1.165) is 78.7 Å². The molecule has 3 rings (SSSR count). The zero-order chi connectivity index (χ0) is 24.6. The van der Waals surface area contributed by atoms with Crippen molar-refractivity contribution >= 4 is 11.7 Å². The smallest absolute Gasteiger partial charge is 0.232 e. The fourth-order valence-electron chi connectivity index (χ4n) is 4.81. The topological polar surface area (TPSA) is 56.7 Å². The second kappa shape index (κ2) is 12.0. The highest BCUT2D eigenvalue weighted by molar-refractivity contribution is 6.04. The van der Waals surface area contributed by atoms with Crippen LogP contribution in [0.3, 0.4) is 0 Å². The van der Waals surface area contributed by atoms with E-state index in [9.17, 15) is 4.79 Å². The Morgan fingerprint density at radius 3 is 2.41 bits per heavy atom. The van der Waals surface area contributed by atoms with E-state index in [4.69, 9.17) is 0 Å². The summed E-state index contributed by atoms with van der Waals surface area (Å²) >= 11 is 0. The van der Waals surface area contributed by atoms with Crippen molar-refractivity contribution in [1.82, 2.24) is 15.8 Å². The lowest BCUT2D eigenvalue weighted by Gasteiger charge is -2.33. The first kappa shape index (κ1) is 25.7. The van der Waals surface area contributed by atoms with Gasteiger partial charge in [0, 0.05) is 30.8 Å². The molecule has 0 atom stereocenters. The van der Waals surface area contributed by atoms with Crippen molar-refractivity contribution in [2.24, 2.45) is 10.4 Å². The number of rotatable bonds is 10. The number of hydrogen-bond donors (Lipinski definition) is 2. The molecule has 0 radical (unpaired) electrons. The average molecular weight is 461 g/mol. The van der Waals surface area contributed by atoms with E-state index in [1.165, 1.54) is 0 Å². The fraction of sp³-hybridized carbons (Fsp3) is 0.448. The number of nitrogens with one attached hydrogen (secondary N) is 2. The normalized spacial score (nSPS) is 15.2. The van der Waals surface area contributed by atoms with E-state index in [0.29, 0.717) is 6.54 Å². The van der Waals surface area contributed by atoms with E-state index >= 15 is 0 Å². The van der Waals surface area contributed by atoms with Crippen molar-refractivity contribution in [2.45, 2.75) is 65.3 Å². The Kier molecular flexibility index (Phi) is 9.05. The van der Waals surface area contributed by atoms with Crippen molar-refractivity contribution in [1.29, 1.82) is 0 Å². The predicted molar refractivity (Wildman–Crippen MR) is 142 cm³/mol. The van der Waals surface area contributed by atoms with E-state index < -0.39 is 0 Å². The van der Waals surface area contributed by atoms with Crippen LogP contribution in [-0.2, 0) is 11.3 Å². The molecule has 1 saturated carbocycles. The quantitative estimate of drug-likeness (QED) is 0.257. The van der Waals surface area contributed by atoms with Crippen LogP contribution in [0.15, 0.2) is 65.8 Å². The Morgan fingerprint density at radius 1 is 1.12 bits per heavy atom. The molecule has 1 aliphatic carbocycles. The van der Waals surface area contributed by atoms with Crippen LogP contribution >= 0.6 is 0 Å². The van der Waals surface area contributed by atoms with Crippen molar-refractivity contribution < 1.29 is 4.79 Å². The van der Waals surface area contributed by atoms with Gasteiger partial charge in [0.05, 0.1) is 6.54 Å². The van der Waals surface area contributed by atoms with Crippen molar-refractivity contribution in [2.75, 3.05) is 14.1 Å². The molecule has 1 fully saturated rings. The average Bonchev–Trinajstić information content (AvgIpc) is 3.32. The van der Waals surface area contributed by atoms with Crippen LogP contribution < -0.4 is 10.9 Å². The number of unbranched alkanes of at least 4 members (excludes halogenated alkanes) is 1. The summed E-state index contributed by atoms with van der Waals surface area (Å²) in [7, 11) is 3.61. The molecule has 0 aliphatic heterocycles. The Hall–Kier alpha value is -2.92. The van der Waals surface area contributed by atoms with Gasteiger partial charge < -0.3 is 10.3 Å². The Balaban J connectivity index is 1.85. The van der Waals surface area contributed by atoms with Gasteiger partial charge in [0.1, 0.15) is 5.84 Å². The van der Waals surface area contributed by atoms with Gasteiger partial charge >= 0.3 is 0 Å². The predicted octanol–water partition coefficient (Wildman–Crippen LogP) is 6.07. The molecule has 0 unspecified atom stereocenters. The van der Waals surface area contributed by atoms with E-state index in [-0.39, 0.29) is 11.3 Å². The third kappa shape index (κ3) is 5.95. The van der Waals surface area contributed by atoms with Gasteiger partial charge in [-0.2, -0.15) is 0 Å². The summed E-state index contributed by atoms with van der Waals surface area (Å²) in [6, 6.07) is 16.8. The van der Waals surface area contributed by atoms with Gasteiger partial charge in [0.25, 0.3) is 0 Å². The molecular weight excluding hydrogens is 420 g/mol. The van der Waals surface area contributed by atoms with Gasteiger partial charge in [-0.1, -0.05) is 88.2 Å². The van der Waals surface area contributed by atoms with Crippen LogP contribution in [0.5, 0.6) is 0 Å². The zero-order valence-electron chi connectivity index (χ0n) is 21.3. The number of nitrogens with zero attached hydrogens (tertiary/aromatic N) is 2. The molecule has 0 aromatic heterocycles. The van der Waals surface area contributed by atoms with E-state index in [2.05, 4.69) is 72.7 Å². The molecule has 2 aromatic carbocycles. The number of aliphatic imine (C=N–C) groups is 1. The summed E-state index contributed by atoms with van der Waals surface area (Å²) in [6.45, 7) is 9.19. The molecule has 0 heterocycles. The van der Waals surface area contributed by atoms with Gasteiger partial charge in [-0.3, -0.25) is 9.79 Å². The molecule has 0 saturated heterocycles. The number of amidine groups is 1. The lowest BCUT2D eigenvalue weighted by atomic mass is 9.86. The lowest BCUT2D eigenvalue weighted by Crippen LogP contribution is -2.40. The largest absolute Gasteiger partial charge is 0.312 e. The maximum Gasteiger partial charge on any atom is 0.232 e. The molecule has 0 spiro atoms. The molecule has 0 bridgehead atoms. The number of allylic oxidation sites excluding steroid dienone is 1. The summed E-state index contributed by atoms with van der Waals surface area (Å²) in [4.78, 5) is 20.0. The lowest BCUT2D eigenvalue weighted by molar-refractivity contribution is -0.139. The summed E-state index contributed by atoms with van der Waals surface area (Å²) < 4.78 is 0. The van der Waals surface area contributed by atoms with Gasteiger partial charge in [0.2, 0.25) is 5.91 Å². The second-order valence-electron chi connectivity index (χ2n) is 9.52. The highest BCUT2D eigenvalue weighted by Gasteiger charge is 2.39. The molecule has 34 heavy (non-hydrogen) atoms. The molecular formula is C29H40N4O. The third-order valence-electron chi connectivity index (χ3n) is 6.92. The van der Waals surface area contributed by atoms with Crippen LogP contribution in [0.25, 0.3) is 11.1 Å². The summed E-state index contributed by atoms with van der Waals surface area (Å²) in [5, 5.41) is 0. The molecule has 2 N–H and O–H groups in total. The number of carbonyl (C=O) groups is 1. The number of hydrogen-bond acceptors (Lipinski definition) is 3. The molecule has 5 nitrogen and oxygen atoms in total. The SMILES string of the molecule is C=C(CCCC)N(Cc1ccc(-c2ccccc2C(=NC)NNC)cc1)C(=O)C1(C)CCCC1. The van der Waals surface area contributed by atoms with Crippen LogP contribution in [0.2, 0.25) is 0 Å². The van der Waals surface area contributed by atoms with Crippen molar-refractivity contribution in [3.63, 3.8) is 0 Å². The second-order valence-corrected chi connectivity index (χ2v) is 9.52. The summed E-state index contributed by atoms with van der Waals surface area (Å²) in [6.07, 6.45) is 7.23. The van der Waals surface area contributed by atoms with Gasteiger partial charge in [-0.15, -0.1) is 0 Å². The number of hydrazine groups is 1. The molecule has 1 aliphatic rings. The highest BCUT2D eigenvalue weighted by Crippen LogP contribution is 2.40. The summed E-state index contributed by atoms with van der Waals surface area (Å²) in [5.41, 5.74) is 11.1. The number of amides is 1. The van der Waals surface area contributed by atoms with Gasteiger partial charge in [-0.25, -0.2) is 5.43 Å². The van der Waals surface area contributed by atoms with Gasteiger partial charge in [-0.05, 0) is 42.4 Å². The minimum atomic E-state index is -0.260. The minimum Gasteiger partial charge on any atom is -0.312 e. The Bertz CT molecular complexity index is 1000. The highest BCUT2D eigenvalue weighted by atomic mass is 16.2. The monoisotopic (exact) mass is 460 g/mol. The fourth-order valence-corrected chi connectivity index (χ4v) is 4.81. The summed E-state index contributed by atoms with van der Waals surface area (Å²) in [5.74, 6) is 1.03. The first-order valence-electron chi connectivity index (χ1n) is 12.5. The number of benzene rings is 2. The standard InChI is InChI=1S/C29H40N4O/c1-6-7-12-22(2)33(28(34)29(3)19-10-11-20-29)21-23-15-17-24(18-16-23)25-13-8-9-14-26(25)27(30-4)32-31-5/h8-9,13-18,31H,2,6-7,10-12,19-21H2,1,3-5H3,(H,30,32). The zero-order valence-corrected chi connectivity index (χ0v) is 21.3. The number of carbonyl (C=O) groups excluding carboxylic acids is 1. The maximum atomic E-state index is 13.6. The van der Waals surface area contributed by atoms with Crippen LogP contribution in [0.4, 0.5) is 0 Å². The van der Waals surface area contributed by atoms with Crippen LogP contribution in [0, 0.1) is 5.41 Å². The van der Waals surface area contributed by atoms with Crippen molar-refractivity contribution in [3.05, 3.63) is 71.9 Å². The Morgan fingerprint density at radius 2 is 1.79 bits per heavy atom. The molecule has 1 amide bonds. The van der Waals surface area contributed by atoms with Crippen LogP contribution in [-0.4, -0.2) is 30.7 Å². The molecule has 2 aromatic rings. The molecule has 5 heteroatoms. The Labute approximate surface area is 205 Å². The first-order chi connectivity index (χ1) is 16.4. The maximum absolute atomic E-state index is 13.6. The first-order valence-corrected chi connectivity index (χ1v) is 12.5. The third-order valence-corrected chi connectivity index (χ3v) is 6.92. The van der Waals surface area contributed by atoms with Crippen LogP contribution in [0.1, 0.15) is 69.9 Å².